The molecule has 1 atom stereocenters. The van der Waals surface area contributed by atoms with E-state index >= 15 is 0 Å². The van der Waals surface area contributed by atoms with E-state index in [4.69, 9.17) is 9.47 Å². The molecule has 2 aromatic rings. The van der Waals surface area contributed by atoms with Crippen molar-refractivity contribution in [1.29, 1.82) is 0 Å². The molecule has 32 heavy (non-hydrogen) atoms. The Kier molecular flexibility index (Phi) is 7.07. The third kappa shape index (κ3) is 5.47. The van der Waals surface area contributed by atoms with Crippen molar-refractivity contribution in [3.05, 3.63) is 59.2 Å². The Labute approximate surface area is 189 Å². The van der Waals surface area contributed by atoms with E-state index in [1.807, 2.05) is 12.1 Å². The monoisotopic (exact) mass is 437 g/mol. The van der Waals surface area contributed by atoms with Crippen LogP contribution in [0, 0.1) is 0 Å². The maximum absolute atomic E-state index is 12.1. The van der Waals surface area contributed by atoms with Gasteiger partial charge in [-0.15, -0.1) is 0 Å². The van der Waals surface area contributed by atoms with Crippen molar-refractivity contribution in [2.45, 2.75) is 45.4 Å². The number of methoxy groups -OCH3 is 1. The van der Waals surface area contributed by atoms with Gasteiger partial charge in [-0.3, -0.25) is 19.4 Å². The lowest BCUT2D eigenvalue weighted by Crippen LogP contribution is -2.36. The molecule has 0 aromatic heterocycles. The van der Waals surface area contributed by atoms with E-state index in [0.717, 1.165) is 57.0 Å². The summed E-state index contributed by atoms with van der Waals surface area (Å²) in [5, 5.41) is 2.80. The van der Waals surface area contributed by atoms with E-state index < -0.39 is 0 Å². The van der Waals surface area contributed by atoms with Gasteiger partial charge in [0, 0.05) is 44.4 Å². The summed E-state index contributed by atoms with van der Waals surface area (Å²) >= 11 is 0. The number of nitrogens with one attached hydrogen (secondary N) is 1. The molecule has 1 fully saturated rings. The molecule has 1 amide bonds. The van der Waals surface area contributed by atoms with Crippen LogP contribution in [0.4, 0.5) is 5.69 Å². The number of likely N-dealkylation sites (tertiary alicyclic amines) is 1. The Morgan fingerprint density at radius 2 is 1.88 bits per heavy atom. The lowest BCUT2D eigenvalue weighted by molar-refractivity contribution is -0.146. The predicted molar refractivity (Wildman–Crippen MR) is 122 cm³/mol. The SMILES string of the molecule is COC(=O)[C@@H]1CCCN1Cc1ccc2c(c1)CN(Cc1ccc(NC(C)=O)cc1)CCO2. The van der Waals surface area contributed by atoms with Gasteiger partial charge in [0.15, 0.2) is 0 Å². The summed E-state index contributed by atoms with van der Waals surface area (Å²) in [4.78, 5) is 27.9. The summed E-state index contributed by atoms with van der Waals surface area (Å²) in [6.07, 6.45) is 1.87. The largest absolute Gasteiger partial charge is 0.492 e. The second-order valence-electron chi connectivity index (χ2n) is 8.53. The summed E-state index contributed by atoms with van der Waals surface area (Å²) in [7, 11) is 1.46. The number of nitrogens with zero attached hydrogens (tertiary/aromatic N) is 2. The van der Waals surface area contributed by atoms with Gasteiger partial charge in [0.05, 0.1) is 7.11 Å². The molecule has 0 aliphatic carbocycles. The molecule has 2 aliphatic rings. The first-order valence-electron chi connectivity index (χ1n) is 11.2. The fraction of sp³-hybridized carbons (Fsp3) is 0.440. The maximum Gasteiger partial charge on any atom is 0.323 e. The van der Waals surface area contributed by atoms with Gasteiger partial charge in [0.25, 0.3) is 0 Å². The zero-order valence-electron chi connectivity index (χ0n) is 18.8. The fourth-order valence-electron chi connectivity index (χ4n) is 4.54. The Morgan fingerprint density at radius 3 is 2.62 bits per heavy atom. The third-order valence-corrected chi connectivity index (χ3v) is 6.09. The highest BCUT2D eigenvalue weighted by Crippen LogP contribution is 2.28. The van der Waals surface area contributed by atoms with Crippen LogP contribution in [0.2, 0.25) is 0 Å². The van der Waals surface area contributed by atoms with Crippen molar-refractivity contribution >= 4 is 17.6 Å². The van der Waals surface area contributed by atoms with E-state index in [-0.39, 0.29) is 17.9 Å². The molecule has 4 rings (SSSR count). The molecule has 0 saturated carbocycles. The first-order chi connectivity index (χ1) is 15.5. The van der Waals surface area contributed by atoms with Gasteiger partial charge in [-0.1, -0.05) is 18.2 Å². The number of anilines is 1. The van der Waals surface area contributed by atoms with Crippen LogP contribution in [0.15, 0.2) is 42.5 Å². The van der Waals surface area contributed by atoms with Crippen LogP contribution in [-0.2, 0) is 34.0 Å². The van der Waals surface area contributed by atoms with Crippen molar-refractivity contribution < 1.29 is 19.1 Å². The predicted octanol–water partition coefficient (Wildman–Crippen LogP) is 3.18. The van der Waals surface area contributed by atoms with Crippen molar-refractivity contribution in [3.63, 3.8) is 0 Å². The van der Waals surface area contributed by atoms with Crippen LogP contribution < -0.4 is 10.1 Å². The quantitative estimate of drug-likeness (QED) is 0.700. The molecule has 0 bridgehead atoms. The van der Waals surface area contributed by atoms with Crippen LogP contribution >= 0.6 is 0 Å². The van der Waals surface area contributed by atoms with Crippen LogP contribution in [0.1, 0.15) is 36.5 Å². The number of amides is 1. The van der Waals surface area contributed by atoms with Gasteiger partial charge in [-0.2, -0.15) is 0 Å². The number of hydrogen-bond donors (Lipinski definition) is 1. The first kappa shape index (κ1) is 22.3. The Balaban J connectivity index is 1.43. The number of fused-ring (bicyclic) bond motifs is 1. The number of esters is 1. The molecule has 170 valence electrons. The smallest absolute Gasteiger partial charge is 0.323 e. The number of ether oxygens (including phenoxy) is 2. The molecular formula is C25H31N3O4. The zero-order valence-corrected chi connectivity index (χ0v) is 18.8. The minimum absolute atomic E-state index is 0.0679. The molecule has 0 unspecified atom stereocenters. The van der Waals surface area contributed by atoms with Crippen molar-refractivity contribution in [1.82, 2.24) is 9.80 Å². The lowest BCUT2D eigenvalue weighted by Gasteiger charge is -2.23. The van der Waals surface area contributed by atoms with Crippen molar-refractivity contribution in [3.8, 4) is 5.75 Å². The van der Waals surface area contributed by atoms with Crippen LogP contribution in [0.5, 0.6) is 5.75 Å². The molecule has 2 aliphatic heterocycles. The summed E-state index contributed by atoms with van der Waals surface area (Å²) in [6.45, 7) is 6.25. The Hall–Kier alpha value is -2.90. The number of carbonyl (C=O) groups excluding carboxylic acids is 2. The number of carbonyl (C=O) groups is 2. The lowest BCUT2D eigenvalue weighted by atomic mass is 10.1. The van der Waals surface area contributed by atoms with E-state index in [1.165, 1.54) is 30.7 Å². The third-order valence-electron chi connectivity index (χ3n) is 6.09. The Bertz CT molecular complexity index is 960. The van der Waals surface area contributed by atoms with E-state index in [9.17, 15) is 9.59 Å². The molecule has 0 spiro atoms. The topological polar surface area (TPSA) is 71.1 Å². The summed E-state index contributed by atoms with van der Waals surface area (Å²) in [6, 6.07) is 14.2. The average molecular weight is 438 g/mol. The highest BCUT2D eigenvalue weighted by Gasteiger charge is 2.31. The van der Waals surface area contributed by atoms with E-state index in [1.54, 1.807) is 0 Å². The van der Waals surface area contributed by atoms with E-state index in [2.05, 4.69) is 45.4 Å². The minimum atomic E-state index is -0.146. The molecule has 1 N–H and O–H groups in total. The van der Waals surface area contributed by atoms with Gasteiger partial charge >= 0.3 is 5.97 Å². The second kappa shape index (κ2) is 10.1. The molecule has 7 nitrogen and oxygen atoms in total. The van der Waals surface area contributed by atoms with Crippen molar-refractivity contribution in [2.24, 2.45) is 0 Å². The summed E-state index contributed by atoms with van der Waals surface area (Å²) in [5.41, 5.74) is 4.35. The number of benzene rings is 2. The molecule has 2 aromatic carbocycles. The first-order valence-corrected chi connectivity index (χ1v) is 11.2. The van der Waals surface area contributed by atoms with Crippen LogP contribution in [-0.4, -0.2) is 54.5 Å². The van der Waals surface area contributed by atoms with Crippen molar-refractivity contribution in [2.75, 3.05) is 32.1 Å². The summed E-state index contributed by atoms with van der Waals surface area (Å²) < 4.78 is 11.0. The minimum Gasteiger partial charge on any atom is -0.492 e. The van der Waals surface area contributed by atoms with Gasteiger partial charge in [0.1, 0.15) is 18.4 Å². The molecule has 0 radical (unpaired) electrons. The number of rotatable bonds is 6. The fourth-order valence-corrected chi connectivity index (χ4v) is 4.54. The average Bonchev–Trinajstić information content (AvgIpc) is 3.14. The van der Waals surface area contributed by atoms with Crippen LogP contribution in [0.3, 0.4) is 0 Å². The maximum atomic E-state index is 12.1. The molecule has 7 heteroatoms. The molecule has 1 saturated heterocycles. The highest BCUT2D eigenvalue weighted by molar-refractivity contribution is 5.88. The van der Waals surface area contributed by atoms with E-state index in [0.29, 0.717) is 6.61 Å². The van der Waals surface area contributed by atoms with Gasteiger partial charge < -0.3 is 14.8 Å². The zero-order chi connectivity index (χ0) is 22.5. The summed E-state index contributed by atoms with van der Waals surface area (Å²) in [5.74, 6) is 0.723. The van der Waals surface area contributed by atoms with Gasteiger partial charge in [-0.05, 0) is 54.8 Å². The normalized spacial score (nSPS) is 19.0. The van der Waals surface area contributed by atoms with Crippen LogP contribution in [0.25, 0.3) is 0 Å². The van der Waals surface area contributed by atoms with Gasteiger partial charge in [-0.25, -0.2) is 0 Å². The standard InChI is InChI=1S/C25H31N3O4/c1-18(29)26-22-8-5-19(6-9-22)15-27-12-13-32-24-10-7-20(14-21(24)17-27)16-28-11-3-4-23(28)25(30)31-2/h5-10,14,23H,3-4,11-13,15-17H2,1-2H3,(H,26,29)/t23-/m0/s1. The molecular weight excluding hydrogens is 406 g/mol. The highest BCUT2D eigenvalue weighted by atomic mass is 16.5. The van der Waals surface area contributed by atoms with Gasteiger partial charge in [0.2, 0.25) is 5.91 Å². The second-order valence-corrected chi connectivity index (χ2v) is 8.53. The Morgan fingerprint density at radius 1 is 1.09 bits per heavy atom. The molecule has 2 heterocycles. The number of hydrogen-bond acceptors (Lipinski definition) is 6.